The number of aromatic nitrogens is 2. The van der Waals surface area contributed by atoms with E-state index in [9.17, 15) is 15.2 Å². The monoisotopic (exact) mass is 295 g/mol. The number of rotatable bonds is 5. The van der Waals surface area contributed by atoms with Crippen LogP contribution in [0.25, 0.3) is 0 Å². The van der Waals surface area contributed by atoms with E-state index in [4.69, 9.17) is 0 Å². The topological polar surface area (TPSA) is 104 Å². The van der Waals surface area contributed by atoms with E-state index in [0.29, 0.717) is 30.5 Å². The van der Waals surface area contributed by atoms with Gasteiger partial charge in [0.05, 0.1) is 17.6 Å². The predicted molar refractivity (Wildman–Crippen MR) is 79.7 cm³/mol. The van der Waals surface area contributed by atoms with Crippen molar-refractivity contribution >= 4 is 17.5 Å². The molecule has 116 valence electrons. The van der Waals surface area contributed by atoms with E-state index in [1.807, 2.05) is 11.8 Å². The van der Waals surface area contributed by atoms with Gasteiger partial charge in [-0.15, -0.1) is 0 Å². The van der Waals surface area contributed by atoms with Gasteiger partial charge in [-0.25, -0.2) is 4.98 Å². The van der Waals surface area contributed by atoms with Crippen LogP contribution in [0.4, 0.5) is 17.5 Å². The molecular formula is C13H21N5O3. The molecule has 0 aliphatic carbocycles. The lowest BCUT2D eigenvalue weighted by Crippen LogP contribution is -2.43. The summed E-state index contributed by atoms with van der Waals surface area (Å²) in [6.07, 6.45) is 2.76. The summed E-state index contributed by atoms with van der Waals surface area (Å²) in [6.45, 7) is 4.80. The number of hydrogen-bond donors (Lipinski definition) is 2. The van der Waals surface area contributed by atoms with Crippen LogP contribution in [0.1, 0.15) is 31.9 Å². The molecule has 1 saturated heterocycles. The summed E-state index contributed by atoms with van der Waals surface area (Å²) in [5.74, 6) is 0.695. The molecule has 0 amide bonds. The molecule has 1 aromatic heterocycles. The van der Waals surface area contributed by atoms with Crippen molar-refractivity contribution in [3.63, 3.8) is 0 Å². The third-order valence-corrected chi connectivity index (χ3v) is 3.67. The second kappa shape index (κ2) is 6.66. The van der Waals surface area contributed by atoms with E-state index < -0.39 is 4.92 Å². The van der Waals surface area contributed by atoms with Gasteiger partial charge in [0.1, 0.15) is 5.69 Å². The van der Waals surface area contributed by atoms with Crippen molar-refractivity contribution in [3.05, 3.63) is 15.8 Å². The Morgan fingerprint density at radius 2 is 2.24 bits per heavy atom. The molecule has 8 heteroatoms. The number of anilines is 2. The Labute approximate surface area is 123 Å². The van der Waals surface area contributed by atoms with Gasteiger partial charge >= 0.3 is 5.69 Å². The minimum atomic E-state index is -0.441. The van der Waals surface area contributed by atoms with Crippen LogP contribution in [-0.4, -0.2) is 45.7 Å². The zero-order valence-electron chi connectivity index (χ0n) is 12.4. The van der Waals surface area contributed by atoms with Crippen LogP contribution in [0.15, 0.2) is 0 Å². The average Bonchev–Trinajstić information content (AvgIpc) is 2.46. The molecule has 2 heterocycles. The Kier molecular flexibility index (Phi) is 4.89. The van der Waals surface area contributed by atoms with Crippen LogP contribution in [0, 0.1) is 17.0 Å². The fourth-order valence-electron chi connectivity index (χ4n) is 2.67. The lowest BCUT2D eigenvalue weighted by molar-refractivity contribution is -0.385. The first-order valence-corrected chi connectivity index (χ1v) is 7.22. The molecule has 21 heavy (non-hydrogen) atoms. The van der Waals surface area contributed by atoms with Gasteiger partial charge < -0.3 is 15.3 Å². The maximum Gasteiger partial charge on any atom is 0.332 e. The zero-order chi connectivity index (χ0) is 15.4. The molecule has 0 aromatic carbocycles. The molecule has 1 atom stereocenters. The molecule has 8 nitrogen and oxygen atoms in total. The Morgan fingerprint density at radius 1 is 1.48 bits per heavy atom. The van der Waals surface area contributed by atoms with E-state index in [0.717, 1.165) is 19.3 Å². The van der Waals surface area contributed by atoms with Crippen molar-refractivity contribution in [2.75, 3.05) is 29.9 Å². The predicted octanol–water partition coefficient (Wildman–Crippen LogP) is 1.48. The quantitative estimate of drug-likeness (QED) is 0.626. The summed E-state index contributed by atoms with van der Waals surface area (Å²) in [7, 11) is 0. The highest BCUT2D eigenvalue weighted by molar-refractivity contribution is 5.63. The van der Waals surface area contributed by atoms with E-state index in [-0.39, 0.29) is 18.3 Å². The van der Waals surface area contributed by atoms with Gasteiger partial charge in [0.15, 0.2) is 0 Å². The standard InChI is InChI=1S/C13H21N5O3/c1-3-14-13-15-9(2)11(18(20)21)12(16-13)17-7-5-4-6-10(17)8-19/h10,19H,3-8H2,1-2H3,(H,14,15,16). The normalized spacial score (nSPS) is 18.6. The Balaban J connectivity index is 2.49. The van der Waals surface area contributed by atoms with Crippen LogP contribution in [-0.2, 0) is 0 Å². The number of aliphatic hydroxyl groups excluding tert-OH is 1. The van der Waals surface area contributed by atoms with Gasteiger partial charge in [-0.1, -0.05) is 0 Å². The molecular weight excluding hydrogens is 274 g/mol. The minimum absolute atomic E-state index is 0.0310. The molecule has 0 saturated carbocycles. The fourth-order valence-corrected chi connectivity index (χ4v) is 2.67. The molecule has 2 N–H and O–H groups in total. The van der Waals surface area contributed by atoms with Crippen LogP contribution in [0.5, 0.6) is 0 Å². The van der Waals surface area contributed by atoms with Crippen LogP contribution >= 0.6 is 0 Å². The highest BCUT2D eigenvalue weighted by atomic mass is 16.6. The molecule has 0 radical (unpaired) electrons. The summed E-state index contributed by atoms with van der Waals surface area (Å²) in [4.78, 5) is 21.2. The largest absolute Gasteiger partial charge is 0.394 e. The number of piperidine rings is 1. The van der Waals surface area contributed by atoms with Crippen molar-refractivity contribution in [2.45, 2.75) is 39.2 Å². The van der Waals surface area contributed by atoms with Gasteiger partial charge in [0.2, 0.25) is 11.8 Å². The Morgan fingerprint density at radius 3 is 2.86 bits per heavy atom. The summed E-state index contributed by atoms with van der Waals surface area (Å²) in [5.41, 5.74) is 0.264. The maximum atomic E-state index is 11.4. The SMILES string of the molecule is CCNc1nc(C)c([N+](=O)[O-])c(N2CCCCC2CO)n1. The minimum Gasteiger partial charge on any atom is -0.394 e. The Hall–Kier alpha value is -1.96. The van der Waals surface area contributed by atoms with Crippen molar-refractivity contribution < 1.29 is 10.0 Å². The van der Waals surface area contributed by atoms with E-state index >= 15 is 0 Å². The fraction of sp³-hybridized carbons (Fsp3) is 0.692. The molecule has 1 aromatic rings. The highest BCUT2D eigenvalue weighted by Gasteiger charge is 2.31. The molecule has 0 bridgehead atoms. The number of aryl methyl sites for hydroxylation is 1. The molecule has 1 fully saturated rings. The van der Waals surface area contributed by atoms with Crippen molar-refractivity contribution in [1.29, 1.82) is 0 Å². The zero-order valence-corrected chi connectivity index (χ0v) is 12.4. The summed E-state index contributed by atoms with van der Waals surface area (Å²) >= 11 is 0. The van der Waals surface area contributed by atoms with Crippen LogP contribution in [0.2, 0.25) is 0 Å². The van der Waals surface area contributed by atoms with Crippen molar-refractivity contribution in [1.82, 2.24) is 9.97 Å². The number of aliphatic hydroxyl groups is 1. The van der Waals surface area contributed by atoms with E-state index in [1.165, 1.54) is 0 Å². The first-order chi connectivity index (χ1) is 10.1. The van der Waals surface area contributed by atoms with Crippen LogP contribution in [0.3, 0.4) is 0 Å². The Bertz CT molecular complexity index is 523. The van der Waals surface area contributed by atoms with Crippen molar-refractivity contribution in [2.24, 2.45) is 0 Å². The number of nitrogens with zero attached hydrogens (tertiary/aromatic N) is 4. The van der Waals surface area contributed by atoms with Crippen LogP contribution < -0.4 is 10.2 Å². The summed E-state index contributed by atoms with van der Waals surface area (Å²) in [6, 6.07) is -0.124. The highest BCUT2D eigenvalue weighted by Crippen LogP contribution is 2.33. The molecule has 2 rings (SSSR count). The maximum absolute atomic E-state index is 11.4. The number of nitro groups is 1. The van der Waals surface area contributed by atoms with E-state index in [1.54, 1.807) is 6.92 Å². The van der Waals surface area contributed by atoms with Gasteiger partial charge in [-0.3, -0.25) is 10.1 Å². The molecule has 0 spiro atoms. The third-order valence-electron chi connectivity index (χ3n) is 3.67. The molecule has 1 aliphatic heterocycles. The third kappa shape index (κ3) is 3.21. The first-order valence-electron chi connectivity index (χ1n) is 7.22. The van der Waals surface area contributed by atoms with Gasteiger partial charge in [-0.05, 0) is 33.1 Å². The van der Waals surface area contributed by atoms with Crippen molar-refractivity contribution in [3.8, 4) is 0 Å². The van der Waals surface area contributed by atoms with Gasteiger partial charge in [0, 0.05) is 13.1 Å². The average molecular weight is 295 g/mol. The summed E-state index contributed by atoms with van der Waals surface area (Å²) < 4.78 is 0. The number of nitrogens with one attached hydrogen (secondary N) is 1. The number of hydrogen-bond acceptors (Lipinski definition) is 7. The van der Waals surface area contributed by atoms with E-state index in [2.05, 4.69) is 15.3 Å². The van der Waals surface area contributed by atoms with Gasteiger partial charge in [-0.2, -0.15) is 4.98 Å². The molecule has 1 aliphatic rings. The smallest absolute Gasteiger partial charge is 0.332 e. The first kappa shape index (κ1) is 15.4. The van der Waals surface area contributed by atoms with Gasteiger partial charge in [0.25, 0.3) is 0 Å². The molecule has 1 unspecified atom stereocenters. The lowest BCUT2D eigenvalue weighted by atomic mass is 10.0. The second-order valence-electron chi connectivity index (χ2n) is 5.12. The lowest BCUT2D eigenvalue weighted by Gasteiger charge is -2.35. The summed E-state index contributed by atoms with van der Waals surface area (Å²) in [5, 5.41) is 23.9. The second-order valence-corrected chi connectivity index (χ2v) is 5.12.